The molecule has 7 amide bonds. The fourth-order valence-electron chi connectivity index (χ4n) is 5.98. The second kappa shape index (κ2) is 26.9. The topological polar surface area (TPSA) is 340 Å². The van der Waals surface area contributed by atoms with Crippen molar-refractivity contribution in [1.29, 1.82) is 0 Å². The number of carbonyl (C=O) groups is 8. The van der Waals surface area contributed by atoms with Crippen LogP contribution in [-0.2, 0) is 52.2 Å². The van der Waals surface area contributed by atoms with Crippen molar-refractivity contribution in [3.05, 3.63) is 24.7 Å². The molecule has 7 N–H and O–H groups in total. The van der Waals surface area contributed by atoms with Crippen LogP contribution in [0.1, 0.15) is 117 Å². The summed E-state index contributed by atoms with van der Waals surface area (Å²) in [6.45, 7) is 25.0. The van der Waals surface area contributed by atoms with E-state index in [-0.39, 0.29) is 0 Å². The standard InChI is InChI=1S/C46H74FN9O18/c1-17-27-25(2)68-33(31(27)70-46(15,16)65)56-22-28(47)32(50-36(56)59)51-37(60)67-24-26(69-30(58)19-21-49-35(54-40(63)73-44(9,10)11)55-41(64)74-45(12,13)14)23-66-29(57)18-20-48-34(52-38(61)71-42(3,4)5)53-39(62)72-43(6,7)8/h17,22,25-27,31-33,65H,1,18-21,23-24H2,2-16H3,(H,50,59)(H,51,60)(H2,48,52,53,61,62)(H2,49,54,55,63,64)/t25-,26?,27+,31?,32?,33-/m1/s1. The lowest BCUT2D eigenvalue weighted by Gasteiger charge is -2.36. The smallest absolute Gasteiger partial charge is 0.414 e. The highest BCUT2D eigenvalue weighted by molar-refractivity contribution is 6.02. The Bertz CT molecular complexity index is 2050. The molecule has 0 aromatic rings. The van der Waals surface area contributed by atoms with E-state index in [9.17, 15) is 43.5 Å². The molecule has 2 aliphatic heterocycles. The molecule has 27 nitrogen and oxygen atoms in total. The molecule has 3 unspecified atom stereocenters. The second-order valence-electron chi connectivity index (χ2n) is 20.9. The fourth-order valence-corrected chi connectivity index (χ4v) is 5.98. The Kier molecular flexibility index (Phi) is 23.0. The molecular weight excluding hydrogens is 986 g/mol. The molecule has 0 aromatic heterocycles. The number of amides is 7. The fraction of sp³-hybridized carbons (Fsp3) is 0.696. The summed E-state index contributed by atoms with van der Waals surface area (Å²) < 4.78 is 63.9. The van der Waals surface area contributed by atoms with Gasteiger partial charge in [0.2, 0.25) is 11.9 Å². The minimum Gasteiger partial charge on any atom is -0.462 e. The maximum Gasteiger partial charge on any atom is 0.414 e. The lowest BCUT2D eigenvalue weighted by atomic mass is 9.98. The van der Waals surface area contributed by atoms with Crippen molar-refractivity contribution in [1.82, 2.24) is 36.8 Å². The molecule has 0 saturated carbocycles. The van der Waals surface area contributed by atoms with Crippen LogP contribution in [0.25, 0.3) is 0 Å². The van der Waals surface area contributed by atoms with Crippen LogP contribution in [0.15, 0.2) is 34.7 Å². The first-order valence-corrected chi connectivity index (χ1v) is 23.3. The highest BCUT2D eigenvalue weighted by Crippen LogP contribution is 2.35. The summed E-state index contributed by atoms with van der Waals surface area (Å²) in [5.41, 5.74) is -3.73. The molecule has 1 saturated heterocycles. The Morgan fingerprint density at radius 1 is 0.730 bits per heavy atom. The molecule has 2 heterocycles. The van der Waals surface area contributed by atoms with Crippen LogP contribution < -0.4 is 31.9 Å². The molecule has 0 bridgehead atoms. The van der Waals surface area contributed by atoms with Gasteiger partial charge >= 0.3 is 48.4 Å². The van der Waals surface area contributed by atoms with Gasteiger partial charge in [-0.2, -0.15) is 0 Å². The molecule has 28 heteroatoms. The molecule has 1 fully saturated rings. The number of aliphatic imine (C=N–C) groups is 2. The number of nitrogens with zero attached hydrogens (tertiary/aromatic N) is 3. The van der Waals surface area contributed by atoms with E-state index in [1.165, 1.54) is 19.9 Å². The maximum absolute atomic E-state index is 15.6. The van der Waals surface area contributed by atoms with Gasteiger partial charge in [-0.1, -0.05) is 6.08 Å². The Labute approximate surface area is 429 Å². The van der Waals surface area contributed by atoms with Gasteiger partial charge in [-0.05, 0) is 104 Å². The largest absolute Gasteiger partial charge is 0.462 e. The lowest BCUT2D eigenvalue weighted by Crippen LogP contribution is -2.59. The zero-order valence-corrected chi connectivity index (χ0v) is 44.7. The van der Waals surface area contributed by atoms with E-state index in [2.05, 4.69) is 48.5 Å². The first-order chi connectivity index (χ1) is 33.8. The van der Waals surface area contributed by atoms with Crippen molar-refractivity contribution in [3.8, 4) is 0 Å². The normalized spacial score (nSPS) is 19.4. The summed E-state index contributed by atoms with van der Waals surface area (Å²) in [5.74, 6) is -6.14. The Morgan fingerprint density at radius 3 is 1.55 bits per heavy atom. The molecule has 2 rings (SSSR count). The lowest BCUT2D eigenvalue weighted by molar-refractivity contribution is -0.227. The van der Waals surface area contributed by atoms with Gasteiger partial charge in [0.05, 0.1) is 32.0 Å². The van der Waals surface area contributed by atoms with E-state index >= 15 is 4.39 Å². The number of guanidine groups is 2. The van der Waals surface area contributed by atoms with Gasteiger partial charge in [-0.3, -0.25) is 51.1 Å². The van der Waals surface area contributed by atoms with Crippen LogP contribution in [0.4, 0.5) is 33.2 Å². The van der Waals surface area contributed by atoms with Crippen LogP contribution in [0, 0.1) is 5.92 Å². The summed E-state index contributed by atoms with van der Waals surface area (Å²) in [7, 11) is 0. The number of urea groups is 1. The summed E-state index contributed by atoms with van der Waals surface area (Å²) >= 11 is 0. The monoisotopic (exact) mass is 1060 g/mol. The average Bonchev–Trinajstić information content (AvgIpc) is 3.49. The number of alkyl carbamates (subject to hydrolysis) is 5. The van der Waals surface area contributed by atoms with Gasteiger partial charge in [-0.15, -0.1) is 6.58 Å². The molecule has 6 atom stereocenters. The van der Waals surface area contributed by atoms with E-state index in [4.69, 9.17) is 42.6 Å². The predicted octanol–water partition coefficient (Wildman–Crippen LogP) is 4.58. The quantitative estimate of drug-likeness (QED) is 0.0278. The van der Waals surface area contributed by atoms with E-state index in [0.29, 0.717) is 0 Å². The van der Waals surface area contributed by atoms with Crippen molar-refractivity contribution in [2.24, 2.45) is 15.9 Å². The average molecular weight is 1060 g/mol. The summed E-state index contributed by atoms with van der Waals surface area (Å²) in [5, 5.41) is 23.8. The van der Waals surface area contributed by atoms with Crippen molar-refractivity contribution in [2.45, 2.75) is 176 Å². The van der Waals surface area contributed by atoms with Crippen molar-refractivity contribution in [3.63, 3.8) is 0 Å². The van der Waals surface area contributed by atoms with Crippen molar-refractivity contribution >= 4 is 60.4 Å². The molecule has 0 radical (unpaired) electrons. The minimum absolute atomic E-state index is 0.393. The molecule has 74 heavy (non-hydrogen) atoms. The molecule has 418 valence electrons. The van der Waals surface area contributed by atoms with E-state index in [1.54, 1.807) is 90.0 Å². The first-order valence-electron chi connectivity index (χ1n) is 23.3. The predicted molar refractivity (Wildman–Crippen MR) is 259 cm³/mol. The van der Waals surface area contributed by atoms with Gasteiger partial charge in [0.25, 0.3) is 0 Å². The first kappa shape index (κ1) is 63.3. The Balaban J connectivity index is 2.29. The van der Waals surface area contributed by atoms with Crippen LogP contribution in [-0.4, -0.2) is 156 Å². The van der Waals surface area contributed by atoms with Gasteiger partial charge in [0.15, 0.2) is 30.1 Å². The van der Waals surface area contributed by atoms with Gasteiger partial charge in [0, 0.05) is 12.1 Å². The molecule has 2 aliphatic rings. The molecular formula is C46H74FN9O18. The van der Waals surface area contributed by atoms with Crippen LogP contribution in [0.2, 0.25) is 0 Å². The highest BCUT2D eigenvalue weighted by atomic mass is 19.1. The van der Waals surface area contributed by atoms with E-state index in [0.717, 1.165) is 11.1 Å². The highest BCUT2D eigenvalue weighted by Gasteiger charge is 2.49. The number of hydrogen-bond donors (Lipinski definition) is 7. The number of esters is 2. The minimum atomic E-state index is -1.77. The molecule has 0 aromatic carbocycles. The number of rotatable bonds is 16. The van der Waals surface area contributed by atoms with Gasteiger partial charge < -0.3 is 53.1 Å². The van der Waals surface area contributed by atoms with Crippen LogP contribution in [0.3, 0.4) is 0 Å². The SMILES string of the molecule is C=C[C@@H]1C(OC(C)(C)O)[C@H](N2C=C(F)C(NC(=O)OCC(COC(=O)CCN=C(NC(=O)OC(C)(C)C)NC(=O)OC(C)(C)C)OC(=O)CCN=C(NC(=O)OC(C)(C)C)NC(=O)OC(C)(C)C)NC2=O)O[C@@H]1C. The van der Waals surface area contributed by atoms with Crippen LogP contribution >= 0.6 is 0 Å². The summed E-state index contributed by atoms with van der Waals surface area (Å²) in [6.07, 6.45) is -10.2. The Morgan fingerprint density at radius 2 is 1.15 bits per heavy atom. The van der Waals surface area contributed by atoms with E-state index < -0.39 is 170 Å². The maximum atomic E-state index is 15.6. The number of nitrogens with one attached hydrogen (secondary N) is 6. The van der Waals surface area contributed by atoms with Crippen molar-refractivity contribution < 1.29 is 90.5 Å². The number of aliphatic hydroxyl groups is 1. The number of halogens is 1. The van der Waals surface area contributed by atoms with Gasteiger partial charge in [0.1, 0.15) is 41.7 Å². The van der Waals surface area contributed by atoms with Crippen LogP contribution in [0.5, 0.6) is 0 Å². The Hall–Kier alpha value is -6.81. The van der Waals surface area contributed by atoms with Gasteiger partial charge in [-0.25, -0.2) is 33.2 Å². The third-order valence-electron chi connectivity index (χ3n) is 8.61. The second-order valence-corrected chi connectivity index (χ2v) is 20.9. The molecule has 0 spiro atoms. The summed E-state index contributed by atoms with van der Waals surface area (Å²) in [6, 6.07) is -0.937. The zero-order valence-electron chi connectivity index (χ0n) is 44.7. The third kappa shape index (κ3) is 25.7. The number of hydrogen-bond acceptors (Lipinski definition) is 20. The zero-order chi connectivity index (χ0) is 56.6. The van der Waals surface area contributed by atoms with Crippen molar-refractivity contribution in [2.75, 3.05) is 26.3 Å². The number of ether oxygens (including phenoxy) is 9. The third-order valence-corrected chi connectivity index (χ3v) is 8.61. The summed E-state index contributed by atoms with van der Waals surface area (Å²) in [4.78, 5) is 111. The van der Waals surface area contributed by atoms with E-state index in [1.807, 2.05) is 0 Å². The number of carbonyl (C=O) groups excluding carboxylic acids is 8. The molecule has 0 aliphatic carbocycles.